The molecule has 3 rings (SSSR count). The van der Waals surface area contributed by atoms with E-state index in [0.717, 1.165) is 5.56 Å². The molecule has 142 valence electrons. The highest BCUT2D eigenvalue weighted by Crippen LogP contribution is 2.26. The minimum atomic E-state index is -0.708. The zero-order valence-corrected chi connectivity index (χ0v) is 15.0. The van der Waals surface area contributed by atoms with E-state index in [4.69, 9.17) is 4.74 Å². The summed E-state index contributed by atoms with van der Waals surface area (Å²) in [6.07, 6.45) is 4.72. The van der Waals surface area contributed by atoms with E-state index in [2.05, 4.69) is 27.1 Å². The molecular formula is C19H17N5O4. The van der Waals surface area contributed by atoms with Gasteiger partial charge in [0.25, 0.3) is 5.91 Å². The quantitative estimate of drug-likeness (QED) is 0.571. The van der Waals surface area contributed by atoms with Gasteiger partial charge in [-0.3, -0.25) is 14.9 Å². The second kappa shape index (κ2) is 8.64. The molecule has 0 fully saturated rings. The first-order valence-electron chi connectivity index (χ1n) is 8.34. The van der Waals surface area contributed by atoms with Crippen LogP contribution in [-0.4, -0.2) is 52.9 Å². The van der Waals surface area contributed by atoms with Crippen LogP contribution < -0.4 is 15.4 Å². The lowest BCUT2D eigenvalue weighted by atomic mass is 10.1. The monoisotopic (exact) mass is 379 g/mol. The van der Waals surface area contributed by atoms with Gasteiger partial charge >= 0.3 is 6.03 Å². The number of amides is 4. The number of fused-ring (bicyclic) bond motifs is 1. The van der Waals surface area contributed by atoms with Crippen molar-refractivity contribution >= 4 is 18.3 Å². The summed E-state index contributed by atoms with van der Waals surface area (Å²) >= 11 is 0. The summed E-state index contributed by atoms with van der Waals surface area (Å²) in [5.41, 5.74) is 1.98. The van der Waals surface area contributed by atoms with Crippen molar-refractivity contribution in [3.8, 4) is 17.6 Å². The maximum Gasteiger partial charge on any atom is 0.322 e. The molecule has 9 heteroatoms. The Bertz CT molecular complexity index is 952. The minimum Gasteiger partial charge on any atom is -0.497 e. The van der Waals surface area contributed by atoms with Gasteiger partial charge in [-0.2, -0.15) is 0 Å². The first-order chi connectivity index (χ1) is 13.6. The molecule has 28 heavy (non-hydrogen) atoms. The van der Waals surface area contributed by atoms with Gasteiger partial charge < -0.3 is 15.0 Å². The van der Waals surface area contributed by atoms with Gasteiger partial charge in [-0.1, -0.05) is 17.9 Å². The van der Waals surface area contributed by atoms with Crippen LogP contribution in [-0.2, 0) is 11.3 Å². The van der Waals surface area contributed by atoms with E-state index >= 15 is 0 Å². The van der Waals surface area contributed by atoms with Gasteiger partial charge in [0.05, 0.1) is 19.2 Å². The number of carbonyl (C=O) groups excluding carboxylic acids is 3. The molecule has 1 atom stereocenters. The van der Waals surface area contributed by atoms with E-state index in [9.17, 15) is 14.4 Å². The fourth-order valence-corrected chi connectivity index (χ4v) is 2.75. The summed E-state index contributed by atoms with van der Waals surface area (Å²) in [6, 6.07) is 3.90. The fraction of sp³-hybridized carbons (Fsp3) is 0.211. The lowest BCUT2D eigenvalue weighted by Crippen LogP contribution is -2.46. The van der Waals surface area contributed by atoms with Crippen molar-refractivity contribution in [1.29, 1.82) is 0 Å². The molecule has 1 aliphatic rings. The molecule has 4 amide bonds. The average Bonchev–Trinajstić information content (AvgIpc) is 3.02. The van der Waals surface area contributed by atoms with Crippen molar-refractivity contribution < 1.29 is 19.1 Å². The Morgan fingerprint density at radius 2 is 2.18 bits per heavy atom. The van der Waals surface area contributed by atoms with Gasteiger partial charge in [-0.05, 0) is 17.7 Å². The summed E-state index contributed by atoms with van der Waals surface area (Å²) in [4.78, 5) is 44.3. The minimum absolute atomic E-state index is 0.142. The molecule has 0 bridgehead atoms. The normalized spacial score (nSPS) is 13.0. The van der Waals surface area contributed by atoms with Crippen LogP contribution >= 0.6 is 0 Å². The van der Waals surface area contributed by atoms with Crippen molar-refractivity contribution in [3.63, 3.8) is 0 Å². The topological polar surface area (TPSA) is 114 Å². The third-order valence-corrected chi connectivity index (χ3v) is 4.05. The van der Waals surface area contributed by atoms with Gasteiger partial charge in [0.15, 0.2) is 0 Å². The summed E-state index contributed by atoms with van der Waals surface area (Å²) in [7, 11) is 1.54. The van der Waals surface area contributed by atoms with E-state index < -0.39 is 12.1 Å². The van der Waals surface area contributed by atoms with Crippen LogP contribution in [0.5, 0.6) is 5.75 Å². The van der Waals surface area contributed by atoms with Crippen molar-refractivity contribution in [1.82, 2.24) is 25.5 Å². The molecule has 0 radical (unpaired) electrons. The number of urea groups is 1. The molecular weight excluding hydrogens is 362 g/mol. The van der Waals surface area contributed by atoms with Crippen LogP contribution in [0.2, 0.25) is 0 Å². The van der Waals surface area contributed by atoms with Crippen molar-refractivity contribution in [2.75, 3.05) is 13.7 Å². The van der Waals surface area contributed by atoms with E-state index in [1.165, 1.54) is 25.8 Å². The van der Waals surface area contributed by atoms with Crippen LogP contribution in [0.15, 0.2) is 36.9 Å². The lowest BCUT2D eigenvalue weighted by Gasteiger charge is -2.20. The fourth-order valence-electron chi connectivity index (χ4n) is 2.75. The Morgan fingerprint density at radius 3 is 2.89 bits per heavy atom. The molecule has 0 saturated carbocycles. The average molecular weight is 379 g/mol. The second-order valence-electron chi connectivity index (χ2n) is 5.89. The van der Waals surface area contributed by atoms with E-state index in [0.29, 0.717) is 23.4 Å². The molecule has 1 aliphatic heterocycles. The number of nitrogens with zero attached hydrogens (tertiary/aromatic N) is 3. The number of imide groups is 1. The van der Waals surface area contributed by atoms with Gasteiger partial charge in [0.2, 0.25) is 6.41 Å². The molecule has 2 heterocycles. The van der Waals surface area contributed by atoms with Gasteiger partial charge in [0, 0.05) is 24.5 Å². The van der Waals surface area contributed by atoms with Crippen LogP contribution in [0.25, 0.3) is 0 Å². The number of methoxy groups -OCH3 is 1. The predicted molar refractivity (Wildman–Crippen MR) is 98.2 cm³/mol. The van der Waals surface area contributed by atoms with Crippen molar-refractivity contribution in [2.45, 2.75) is 12.6 Å². The Hall–Kier alpha value is -3.93. The number of nitrogens with one attached hydrogen (secondary N) is 2. The largest absolute Gasteiger partial charge is 0.497 e. The summed E-state index contributed by atoms with van der Waals surface area (Å²) in [6.45, 7) is 0.532. The summed E-state index contributed by atoms with van der Waals surface area (Å²) in [5, 5.41) is 4.57. The van der Waals surface area contributed by atoms with Gasteiger partial charge in [0.1, 0.15) is 18.1 Å². The molecule has 0 saturated heterocycles. The van der Waals surface area contributed by atoms with Crippen molar-refractivity contribution in [2.24, 2.45) is 0 Å². The number of carbonyl (C=O) groups is 3. The zero-order valence-electron chi connectivity index (χ0n) is 15.0. The van der Waals surface area contributed by atoms with Crippen LogP contribution in [0.4, 0.5) is 4.79 Å². The molecule has 0 spiro atoms. The first-order valence-corrected chi connectivity index (χ1v) is 8.34. The van der Waals surface area contributed by atoms with Crippen molar-refractivity contribution in [3.05, 3.63) is 53.6 Å². The third-order valence-electron chi connectivity index (χ3n) is 4.05. The molecule has 1 aromatic heterocycles. The highest BCUT2D eigenvalue weighted by molar-refractivity contribution is 5.98. The Labute approximate surface area is 161 Å². The van der Waals surface area contributed by atoms with Crippen LogP contribution in [0.1, 0.15) is 21.5 Å². The van der Waals surface area contributed by atoms with E-state index in [-0.39, 0.29) is 18.9 Å². The predicted octanol–water partition coefficient (Wildman–Crippen LogP) is 0.317. The SMILES string of the molecule is COc1ccc2c(c1)C(=O)N(C[C@@H](C#Cc1cncnc1)NC(=O)NC=O)C2. The standard InChI is InChI=1S/C19H17N5O4/c1-28-16-5-3-14-9-24(18(26)17(14)6-16)10-15(23-19(27)22-12-25)4-2-13-7-20-11-21-8-13/h3,5-8,11-12,15H,9-10H2,1H3,(H2,22,23,25,27)/t15-/m1/s1. The zero-order chi connectivity index (χ0) is 19.9. The van der Waals surface area contributed by atoms with E-state index in [1.807, 2.05) is 11.4 Å². The molecule has 1 aromatic carbocycles. The maximum atomic E-state index is 12.7. The molecule has 9 nitrogen and oxygen atoms in total. The third kappa shape index (κ3) is 4.42. The number of aromatic nitrogens is 2. The van der Waals surface area contributed by atoms with Crippen LogP contribution in [0, 0.1) is 11.8 Å². The number of rotatable bonds is 5. The number of hydrogen-bond acceptors (Lipinski definition) is 6. The smallest absolute Gasteiger partial charge is 0.322 e. The number of ether oxygens (including phenoxy) is 1. The highest BCUT2D eigenvalue weighted by atomic mass is 16.5. The molecule has 2 aromatic rings. The lowest BCUT2D eigenvalue weighted by molar-refractivity contribution is -0.108. The molecule has 2 N–H and O–H groups in total. The molecule has 0 unspecified atom stereocenters. The number of benzene rings is 1. The van der Waals surface area contributed by atoms with Gasteiger partial charge in [-0.25, -0.2) is 14.8 Å². The maximum absolute atomic E-state index is 12.7. The number of hydrogen-bond donors (Lipinski definition) is 2. The highest BCUT2D eigenvalue weighted by Gasteiger charge is 2.29. The Morgan fingerprint density at radius 1 is 1.39 bits per heavy atom. The summed E-state index contributed by atoms with van der Waals surface area (Å²) < 4.78 is 5.17. The Kier molecular flexibility index (Phi) is 5.81. The first kappa shape index (κ1) is 18.8. The van der Waals surface area contributed by atoms with Gasteiger partial charge in [-0.15, -0.1) is 0 Å². The van der Waals surface area contributed by atoms with E-state index in [1.54, 1.807) is 17.0 Å². The second-order valence-corrected chi connectivity index (χ2v) is 5.89. The van der Waals surface area contributed by atoms with Crippen LogP contribution in [0.3, 0.4) is 0 Å². The Balaban J connectivity index is 1.77. The summed E-state index contributed by atoms with van der Waals surface area (Å²) in [5.74, 6) is 6.16. The molecule has 0 aliphatic carbocycles.